The molecule has 1 heteroatoms. The van der Waals surface area contributed by atoms with Crippen LogP contribution in [0.4, 0.5) is 5.69 Å². The van der Waals surface area contributed by atoms with Crippen LogP contribution in [0.2, 0.25) is 0 Å². The summed E-state index contributed by atoms with van der Waals surface area (Å²) in [6.45, 7) is 9.09. The van der Waals surface area contributed by atoms with Crippen molar-refractivity contribution in [2.24, 2.45) is 5.92 Å². The fourth-order valence-electron chi connectivity index (χ4n) is 1.62. The van der Waals surface area contributed by atoms with Crippen LogP contribution in [-0.4, -0.2) is 5.54 Å². The average molecular weight is 205 g/mol. The highest BCUT2D eigenvalue weighted by atomic mass is 15.0. The van der Waals surface area contributed by atoms with Gasteiger partial charge in [-0.15, -0.1) is 0 Å². The Labute approximate surface area is 93.9 Å². The maximum Gasteiger partial charge on any atom is 0.0344 e. The molecule has 0 heterocycles. The second-order valence-corrected chi connectivity index (χ2v) is 5.31. The smallest absolute Gasteiger partial charge is 0.0344 e. The molecule has 1 rings (SSSR count). The van der Waals surface area contributed by atoms with Crippen LogP contribution < -0.4 is 5.32 Å². The average Bonchev–Trinajstić information content (AvgIpc) is 2.16. The van der Waals surface area contributed by atoms with Gasteiger partial charge in [0.2, 0.25) is 0 Å². The molecule has 0 amide bonds. The van der Waals surface area contributed by atoms with Crippen molar-refractivity contribution >= 4 is 5.69 Å². The third-order valence-electron chi connectivity index (χ3n) is 2.60. The summed E-state index contributed by atoms with van der Waals surface area (Å²) in [5.41, 5.74) is 1.40. The number of benzene rings is 1. The number of rotatable bonds is 5. The second kappa shape index (κ2) is 5.20. The second-order valence-electron chi connectivity index (χ2n) is 5.31. The van der Waals surface area contributed by atoms with Gasteiger partial charge >= 0.3 is 0 Å². The molecule has 0 fully saturated rings. The number of hydrogen-bond donors (Lipinski definition) is 1. The topological polar surface area (TPSA) is 12.0 Å². The molecule has 0 saturated heterocycles. The van der Waals surface area contributed by atoms with Gasteiger partial charge in [0.1, 0.15) is 0 Å². The van der Waals surface area contributed by atoms with Crippen molar-refractivity contribution < 1.29 is 0 Å². The summed E-state index contributed by atoms with van der Waals surface area (Å²) in [6.07, 6.45) is 2.48. The molecule has 0 saturated carbocycles. The summed E-state index contributed by atoms with van der Waals surface area (Å²) in [5, 5.41) is 3.57. The van der Waals surface area contributed by atoms with Crippen molar-refractivity contribution in [2.75, 3.05) is 5.32 Å². The molecule has 1 N–H and O–H groups in total. The van der Waals surface area contributed by atoms with Crippen LogP contribution in [0.25, 0.3) is 0 Å². The van der Waals surface area contributed by atoms with Crippen LogP contribution in [-0.2, 0) is 0 Å². The van der Waals surface area contributed by atoms with E-state index in [0.29, 0.717) is 0 Å². The summed E-state index contributed by atoms with van der Waals surface area (Å²) >= 11 is 0. The van der Waals surface area contributed by atoms with E-state index in [9.17, 15) is 0 Å². The Kier molecular flexibility index (Phi) is 4.19. The van der Waals surface area contributed by atoms with Crippen molar-refractivity contribution in [3.8, 4) is 0 Å². The van der Waals surface area contributed by atoms with Crippen LogP contribution in [0, 0.1) is 5.92 Å². The van der Waals surface area contributed by atoms with Gasteiger partial charge in [0, 0.05) is 11.2 Å². The Morgan fingerprint density at radius 1 is 1.13 bits per heavy atom. The maximum atomic E-state index is 3.57. The van der Waals surface area contributed by atoms with Crippen molar-refractivity contribution in [3.63, 3.8) is 0 Å². The van der Waals surface area contributed by atoms with E-state index in [-0.39, 0.29) is 5.54 Å². The molecule has 1 nitrogen and oxygen atoms in total. The van der Waals surface area contributed by atoms with Crippen LogP contribution in [0.1, 0.15) is 40.5 Å². The zero-order valence-electron chi connectivity index (χ0n) is 10.4. The van der Waals surface area contributed by atoms with E-state index in [2.05, 4.69) is 57.3 Å². The number of hydrogen-bond acceptors (Lipinski definition) is 1. The Bertz CT molecular complexity index is 275. The minimum atomic E-state index is 0.186. The van der Waals surface area contributed by atoms with Gasteiger partial charge in [0.15, 0.2) is 0 Å². The Morgan fingerprint density at radius 3 is 2.27 bits per heavy atom. The molecule has 0 radical (unpaired) electrons. The summed E-state index contributed by atoms with van der Waals surface area (Å²) in [4.78, 5) is 0. The Morgan fingerprint density at radius 2 is 1.73 bits per heavy atom. The lowest BCUT2D eigenvalue weighted by Crippen LogP contribution is -2.31. The molecule has 15 heavy (non-hydrogen) atoms. The number of para-hydroxylation sites is 1. The van der Waals surface area contributed by atoms with Gasteiger partial charge < -0.3 is 5.32 Å². The first-order valence-corrected chi connectivity index (χ1v) is 5.83. The summed E-state index contributed by atoms with van der Waals surface area (Å²) in [5.74, 6) is 0.779. The molecule has 0 aliphatic rings. The normalized spacial score (nSPS) is 11.8. The first kappa shape index (κ1) is 12.1. The fourth-order valence-corrected chi connectivity index (χ4v) is 1.62. The molecule has 0 aromatic heterocycles. The highest BCUT2D eigenvalue weighted by molar-refractivity contribution is 5.44. The van der Waals surface area contributed by atoms with Crippen LogP contribution in [0.15, 0.2) is 30.3 Å². The molecule has 0 aliphatic heterocycles. The molecule has 1 aromatic carbocycles. The van der Waals surface area contributed by atoms with Crippen LogP contribution in [0.3, 0.4) is 0 Å². The third kappa shape index (κ3) is 4.87. The van der Waals surface area contributed by atoms with E-state index in [1.807, 2.05) is 6.07 Å². The predicted octanol–water partition coefficient (Wildman–Crippen LogP) is 4.31. The predicted molar refractivity (Wildman–Crippen MR) is 68.2 cm³/mol. The highest BCUT2D eigenvalue weighted by Gasteiger charge is 2.17. The van der Waals surface area contributed by atoms with Gasteiger partial charge in [-0.25, -0.2) is 0 Å². The summed E-state index contributed by atoms with van der Waals surface area (Å²) < 4.78 is 0. The molecule has 0 aliphatic carbocycles. The van der Waals surface area contributed by atoms with Gasteiger partial charge in [0.05, 0.1) is 0 Å². The minimum Gasteiger partial charge on any atom is -0.380 e. The van der Waals surface area contributed by atoms with Gasteiger partial charge in [0.25, 0.3) is 0 Å². The van der Waals surface area contributed by atoms with E-state index in [0.717, 1.165) is 5.92 Å². The first-order valence-electron chi connectivity index (χ1n) is 5.83. The van der Waals surface area contributed by atoms with E-state index >= 15 is 0 Å². The lowest BCUT2D eigenvalue weighted by atomic mass is 9.93. The largest absolute Gasteiger partial charge is 0.380 e. The van der Waals surface area contributed by atoms with Crippen molar-refractivity contribution in [1.29, 1.82) is 0 Å². The van der Waals surface area contributed by atoms with Crippen LogP contribution in [0.5, 0.6) is 0 Å². The van der Waals surface area contributed by atoms with Crippen LogP contribution >= 0.6 is 0 Å². The van der Waals surface area contributed by atoms with Gasteiger partial charge in [-0.3, -0.25) is 0 Å². The lowest BCUT2D eigenvalue weighted by Gasteiger charge is -2.28. The summed E-state index contributed by atoms with van der Waals surface area (Å²) in [6, 6.07) is 10.4. The quantitative estimate of drug-likeness (QED) is 0.755. The van der Waals surface area contributed by atoms with E-state index < -0.39 is 0 Å². The molecule has 0 spiro atoms. The van der Waals surface area contributed by atoms with Crippen molar-refractivity contribution in [3.05, 3.63) is 30.3 Å². The van der Waals surface area contributed by atoms with Crippen molar-refractivity contribution in [2.45, 2.75) is 46.1 Å². The number of anilines is 1. The van der Waals surface area contributed by atoms with Crippen molar-refractivity contribution in [1.82, 2.24) is 0 Å². The molecule has 84 valence electrons. The zero-order valence-corrected chi connectivity index (χ0v) is 10.4. The molecule has 0 atom stereocenters. The third-order valence-corrected chi connectivity index (χ3v) is 2.60. The standard InChI is InChI=1S/C14H23N/c1-12(2)10-11-14(3,4)15-13-8-6-5-7-9-13/h5-9,12,15H,10-11H2,1-4H3. The lowest BCUT2D eigenvalue weighted by molar-refractivity contribution is 0.441. The molecular weight excluding hydrogens is 182 g/mol. The van der Waals surface area contributed by atoms with Gasteiger partial charge in [-0.2, -0.15) is 0 Å². The zero-order chi connectivity index (χ0) is 11.3. The molecule has 0 bridgehead atoms. The van der Waals surface area contributed by atoms with E-state index in [4.69, 9.17) is 0 Å². The monoisotopic (exact) mass is 205 g/mol. The first-order chi connectivity index (χ1) is 6.99. The maximum absolute atomic E-state index is 3.57. The minimum absolute atomic E-state index is 0.186. The number of nitrogens with one attached hydrogen (secondary N) is 1. The molecular formula is C14H23N. The van der Waals surface area contributed by atoms with Gasteiger partial charge in [-0.05, 0) is 44.7 Å². The Balaban J connectivity index is 2.49. The molecule has 1 aromatic rings. The Hall–Kier alpha value is -0.980. The fraction of sp³-hybridized carbons (Fsp3) is 0.571. The van der Waals surface area contributed by atoms with Gasteiger partial charge in [-0.1, -0.05) is 32.0 Å². The van der Waals surface area contributed by atoms with E-state index in [1.54, 1.807) is 0 Å². The van der Waals surface area contributed by atoms with E-state index in [1.165, 1.54) is 18.5 Å². The SMILES string of the molecule is CC(C)CCC(C)(C)Nc1ccccc1. The summed E-state index contributed by atoms with van der Waals surface area (Å²) in [7, 11) is 0. The highest BCUT2D eigenvalue weighted by Crippen LogP contribution is 2.21. The molecule has 0 unspecified atom stereocenters.